The number of hydrogen-bond acceptors (Lipinski definition) is 3. The van der Waals surface area contributed by atoms with Crippen LogP contribution >= 0.6 is 0 Å². The molecule has 0 amide bonds. The predicted molar refractivity (Wildman–Crippen MR) is 194 cm³/mol. The van der Waals surface area contributed by atoms with Gasteiger partial charge in [-0.1, -0.05) is 106 Å². The van der Waals surface area contributed by atoms with Crippen molar-refractivity contribution in [2.24, 2.45) is 35.5 Å². The Balaban J connectivity index is 0.000000356. The zero-order chi connectivity index (χ0) is 33.3. The molecule has 251 valence electrons. The van der Waals surface area contributed by atoms with E-state index in [1.165, 1.54) is 38.7 Å². The fourth-order valence-electron chi connectivity index (χ4n) is 6.61. The smallest absolute Gasteiger partial charge is 0.162 e. The molecule has 0 aliphatic carbocycles. The van der Waals surface area contributed by atoms with Gasteiger partial charge >= 0.3 is 0 Å². The van der Waals surface area contributed by atoms with Gasteiger partial charge < -0.3 is 10.1 Å². The van der Waals surface area contributed by atoms with E-state index in [-0.39, 0.29) is 43.5 Å². The SMILES string of the molecule is CC(C)Cc1[c-]c(-c2nccc3c2ccc2ccccc23)cc(CC(C)C)c1.CCC(CC)/C(O)=C/C(=O)C(C(C)C)C(C)C.[Ir]. The summed E-state index contributed by atoms with van der Waals surface area (Å²) in [5.74, 6) is 2.33. The van der Waals surface area contributed by atoms with E-state index in [1.54, 1.807) is 0 Å². The van der Waals surface area contributed by atoms with Crippen LogP contribution in [0.5, 0.6) is 0 Å². The van der Waals surface area contributed by atoms with Crippen molar-refractivity contribution in [2.45, 2.75) is 94.9 Å². The number of aliphatic hydroxyl groups is 1. The Morgan fingerprint density at radius 2 is 1.43 bits per heavy atom. The summed E-state index contributed by atoms with van der Waals surface area (Å²) in [4.78, 5) is 16.9. The first kappa shape index (κ1) is 39.4. The van der Waals surface area contributed by atoms with Crippen LogP contribution in [0, 0.1) is 41.6 Å². The van der Waals surface area contributed by atoms with Crippen molar-refractivity contribution >= 4 is 27.3 Å². The second kappa shape index (κ2) is 18.5. The quantitative estimate of drug-likeness (QED) is 0.0672. The number of fused-ring (bicyclic) bond motifs is 3. The third kappa shape index (κ3) is 10.6. The van der Waals surface area contributed by atoms with E-state index in [9.17, 15) is 9.90 Å². The number of aromatic nitrogens is 1. The molecule has 3 nitrogen and oxygen atoms in total. The standard InChI is InChI=1S/C27H28N.C15H28O2.Ir/c1-18(2)13-20-15-21(14-19(3)4)17-23(16-20)27-26-10-9-22-7-5-6-8-24(22)25(26)11-12-28-27;1-7-12(8-2)13(16)9-14(17)15(10(3)4)11(5)6;/h5-12,15-16,18-19H,13-14H2,1-4H3;9-12,15-16H,7-8H2,1-6H3;/q-1;;/b;13-9-;. The first-order valence-electron chi connectivity index (χ1n) is 17.1. The Morgan fingerprint density at radius 1 is 0.804 bits per heavy atom. The van der Waals surface area contributed by atoms with Gasteiger partial charge in [0.1, 0.15) is 0 Å². The summed E-state index contributed by atoms with van der Waals surface area (Å²) in [7, 11) is 0. The molecule has 4 aromatic rings. The summed E-state index contributed by atoms with van der Waals surface area (Å²) < 4.78 is 0. The molecule has 0 saturated carbocycles. The Hall–Kier alpha value is -2.81. The van der Waals surface area contributed by atoms with E-state index < -0.39 is 0 Å². The molecule has 0 spiro atoms. The van der Waals surface area contributed by atoms with Crippen LogP contribution < -0.4 is 0 Å². The molecular weight excluding hydrogens is 743 g/mol. The average Bonchev–Trinajstić information content (AvgIpc) is 2.96. The molecule has 0 fully saturated rings. The van der Waals surface area contributed by atoms with Gasteiger partial charge in [0.2, 0.25) is 0 Å². The molecule has 1 aromatic heterocycles. The van der Waals surface area contributed by atoms with Crippen LogP contribution in [0.15, 0.2) is 72.6 Å². The average molecular weight is 799 g/mol. The van der Waals surface area contributed by atoms with Crippen LogP contribution in [0.1, 0.15) is 93.2 Å². The van der Waals surface area contributed by atoms with Crippen LogP contribution in [0.3, 0.4) is 0 Å². The number of hydrogen-bond donors (Lipinski definition) is 1. The number of carbonyl (C=O) groups is 1. The van der Waals surface area contributed by atoms with Gasteiger partial charge in [-0.15, -0.1) is 34.9 Å². The summed E-state index contributed by atoms with van der Waals surface area (Å²) in [6.45, 7) is 21.4. The van der Waals surface area contributed by atoms with E-state index in [0.717, 1.165) is 36.9 Å². The van der Waals surface area contributed by atoms with Gasteiger partial charge in [0.25, 0.3) is 0 Å². The van der Waals surface area contributed by atoms with Gasteiger partial charge in [-0.3, -0.25) is 4.79 Å². The molecule has 0 unspecified atom stereocenters. The normalized spacial score (nSPS) is 12.0. The largest absolute Gasteiger partial charge is 0.512 e. The van der Waals surface area contributed by atoms with Crippen molar-refractivity contribution in [2.75, 3.05) is 0 Å². The van der Waals surface area contributed by atoms with Gasteiger partial charge in [-0.25, -0.2) is 0 Å². The first-order valence-corrected chi connectivity index (χ1v) is 17.1. The van der Waals surface area contributed by atoms with Crippen molar-refractivity contribution in [3.8, 4) is 11.3 Å². The maximum atomic E-state index is 12.1. The molecule has 3 aromatic carbocycles. The summed E-state index contributed by atoms with van der Waals surface area (Å²) in [5.41, 5.74) is 4.84. The topological polar surface area (TPSA) is 50.2 Å². The predicted octanol–water partition coefficient (Wildman–Crippen LogP) is 11.6. The number of carbonyl (C=O) groups excluding carboxylic acids is 1. The molecule has 1 N–H and O–H groups in total. The van der Waals surface area contributed by atoms with Crippen LogP contribution in [-0.4, -0.2) is 15.9 Å². The number of aliphatic hydroxyl groups excluding tert-OH is 1. The summed E-state index contributed by atoms with van der Waals surface area (Å²) >= 11 is 0. The van der Waals surface area contributed by atoms with Gasteiger partial charge in [0, 0.05) is 44.2 Å². The molecule has 1 radical (unpaired) electrons. The van der Waals surface area contributed by atoms with Crippen molar-refractivity contribution < 1.29 is 30.0 Å². The molecule has 0 aliphatic rings. The number of benzene rings is 3. The second-order valence-corrected chi connectivity index (χ2v) is 14.2. The van der Waals surface area contributed by atoms with E-state index in [2.05, 4.69) is 116 Å². The van der Waals surface area contributed by atoms with Crippen LogP contribution in [0.4, 0.5) is 0 Å². The molecule has 0 atom stereocenters. The van der Waals surface area contributed by atoms with Crippen molar-refractivity contribution in [1.29, 1.82) is 0 Å². The molecular formula is C42H56IrNO2-. The Labute approximate surface area is 292 Å². The maximum absolute atomic E-state index is 12.1. The zero-order valence-electron chi connectivity index (χ0n) is 29.8. The zero-order valence-corrected chi connectivity index (χ0v) is 32.2. The summed E-state index contributed by atoms with van der Waals surface area (Å²) in [6, 6.07) is 23.4. The molecule has 0 aliphatic heterocycles. The minimum absolute atomic E-state index is 0. The fourth-order valence-corrected chi connectivity index (χ4v) is 6.61. The van der Waals surface area contributed by atoms with E-state index >= 15 is 0 Å². The van der Waals surface area contributed by atoms with Crippen molar-refractivity contribution in [1.82, 2.24) is 4.98 Å². The Kier molecular flexibility index (Phi) is 15.8. The van der Waals surface area contributed by atoms with Crippen molar-refractivity contribution in [3.63, 3.8) is 0 Å². The number of ketones is 1. The Bertz CT molecular complexity index is 1540. The van der Waals surface area contributed by atoms with E-state index in [1.807, 2.05) is 20.0 Å². The minimum atomic E-state index is 0. The van der Waals surface area contributed by atoms with Gasteiger partial charge in [-0.2, -0.15) is 0 Å². The number of pyridine rings is 1. The molecule has 4 rings (SSSR count). The van der Waals surface area contributed by atoms with Gasteiger partial charge in [0.05, 0.1) is 5.76 Å². The molecule has 0 bridgehead atoms. The van der Waals surface area contributed by atoms with Crippen molar-refractivity contribution in [3.05, 3.63) is 89.8 Å². The van der Waals surface area contributed by atoms with Gasteiger partial charge in [0.15, 0.2) is 5.78 Å². The third-order valence-electron chi connectivity index (χ3n) is 8.64. The Morgan fingerprint density at radius 3 is 2.02 bits per heavy atom. The van der Waals surface area contributed by atoms with Crippen LogP contribution in [0.2, 0.25) is 0 Å². The summed E-state index contributed by atoms with van der Waals surface area (Å²) in [5, 5.41) is 14.9. The number of allylic oxidation sites excluding steroid dienone is 2. The number of rotatable bonds is 12. The maximum Gasteiger partial charge on any atom is 0.162 e. The number of nitrogens with zero attached hydrogens (tertiary/aromatic N) is 1. The molecule has 0 saturated heterocycles. The first-order chi connectivity index (χ1) is 21.4. The fraction of sp³-hybridized carbons (Fsp3) is 0.476. The van der Waals surface area contributed by atoms with Crippen LogP contribution in [-0.2, 0) is 37.7 Å². The van der Waals surface area contributed by atoms with Gasteiger partial charge in [-0.05, 0) is 82.7 Å². The third-order valence-corrected chi connectivity index (χ3v) is 8.64. The summed E-state index contributed by atoms with van der Waals surface area (Å²) in [6.07, 6.45) is 7.28. The van der Waals surface area contributed by atoms with E-state index in [4.69, 9.17) is 4.98 Å². The van der Waals surface area contributed by atoms with Crippen LogP contribution in [0.25, 0.3) is 32.8 Å². The monoisotopic (exact) mass is 799 g/mol. The molecule has 46 heavy (non-hydrogen) atoms. The molecule has 1 heterocycles. The minimum Gasteiger partial charge on any atom is -0.512 e. The molecule has 4 heteroatoms. The second-order valence-electron chi connectivity index (χ2n) is 14.2. The van der Waals surface area contributed by atoms with E-state index in [0.29, 0.717) is 23.7 Å².